The standard InChI is InChI=1S/C34H36ClF2N3O4S/c1-20-23(13-14-38-33(20)43-2)17-40(25-9-10-25)34(41)30-26(16-24-18-45(42)19-29(30)39-24)22-7-5-21(6-8-22)4-3-15-44-32-28(37)12-11-27(36)31(32)35/h5-8,11-14,24-25,29,39H,3-4,9-10,15-19H2,1-2H3. The van der Waals surface area contributed by atoms with E-state index in [9.17, 15) is 18.1 Å². The number of hydrogen-bond donors (Lipinski definition) is 1. The van der Waals surface area contributed by atoms with E-state index in [4.69, 9.17) is 21.1 Å². The number of aryl methyl sites for hydroxylation is 1. The largest absolute Gasteiger partial charge is 0.616 e. The maximum absolute atomic E-state index is 14.5. The van der Waals surface area contributed by atoms with Crippen molar-refractivity contribution in [1.82, 2.24) is 15.2 Å². The average Bonchev–Trinajstić information content (AvgIpc) is 3.87. The van der Waals surface area contributed by atoms with E-state index in [1.54, 1.807) is 13.3 Å². The molecule has 3 aliphatic rings. The summed E-state index contributed by atoms with van der Waals surface area (Å²) in [4.78, 5) is 20.7. The van der Waals surface area contributed by atoms with Crippen molar-refractivity contribution in [2.45, 2.75) is 63.7 Å². The number of amides is 1. The van der Waals surface area contributed by atoms with E-state index >= 15 is 0 Å². The lowest BCUT2D eigenvalue weighted by Gasteiger charge is -2.40. The number of aromatic nitrogens is 1. The van der Waals surface area contributed by atoms with Gasteiger partial charge in [-0.2, -0.15) is 0 Å². The molecule has 2 aliphatic heterocycles. The number of rotatable bonds is 11. The van der Waals surface area contributed by atoms with Crippen LogP contribution in [0.5, 0.6) is 11.6 Å². The third-order valence-corrected chi connectivity index (χ3v) is 10.6. The summed E-state index contributed by atoms with van der Waals surface area (Å²) in [5.41, 5.74) is 5.66. The Morgan fingerprint density at radius 1 is 1.13 bits per heavy atom. The topological polar surface area (TPSA) is 86.8 Å². The van der Waals surface area contributed by atoms with Crippen molar-refractivity contribution in [2.24, 2.45) is 0 Å². The predicted molar refractivity (Wildman–Crippen MR) is 171 cm³/mol. The molecule has 7 nitrogen and oxygen atoms in total. The first kappa shape index (κ1) is 31.8. The van der Waals surface area contributed by atoms with Gasteiger partial charge >= 0.3 is 0 Å². The van der Waals surface area contributed by atoms with Crippen molar-refractivity contribution in [3.05, 3.63) is 93.1 Å². The number of fused-ring (bicyclic) bond motifs is 2. The third-order valence-electron chi connectivity index (χ3n) is 8.74. The Morgan fingerprint density at radius 2 is 1.89 bits per heavy atom. The lowest BCUT2D eigenvalue weighted by molar-refractivity contribution is -0.128. The number of benzene rings is 2. The van der Waals surface area contributed by atoms with Gasteiger partial charge in [0.2, 0.25) is 5.88 Å². The maximum atomic E-state index is 14.5. The molecule has 1 aliphatic carbocycles. The smallest absolute Gasteiger partial charge is 0.252 e. The molecule has 3 unspecified atom stereocenters. The normalized spacial score (nSPS) is 21.1. The van der Waals surface area contributed by atoms with Crippen LogP contribution in [0, 0.1) is 18.6 Å². The fourth-order valence-corrected chi connectivity index (χ4v) is 7.89. The highest BCUT2D eigenvalue weighted by Gasteiger charge is 2.44. The average molecular weight is 656 g/mol. The molecule has 2 fully saturated rings. The lowest BCUT2D eigenvalue weighted by atomic mass is 9.85. The molecule has 2 aromatic carbocycles. The Morgan fingerprint density at radius 3 is 2.62 bits per heavy atom. The molecule has 0 radical (unpaired) electrons. The molecule has 1 aromatic heterocycles. The Bertz CT molecular complexity index is 1600. The van der Waals surface area contributed by atoms with E-state index in [1.165, 1.54) is 0 Å². The molecule has 1 saturated heterocycles. The van der Waals surface area contributed by atoms with Crippen LogP contribution in [0.4, 0.5) is 8.78 Å². The summed E-state index contributed by atoms with van der Waals surface area (Å²) in [5, 5.41) is 3.23. The Hall–Kier alpha value is -3.18. The first-order chi connectivity index (χ1) is 21.7. The maximum Gasteiger partial charge on any atom is 0.252 e. The van der Waals surface area contributed by atoms with Gasteiger partial charge in [-0.25, -0.2) is 13.8 Å². The summed E-state index contributed by atoms with van der Waals surface area (Å²) < 4.78 is 51.4. The van der Waals surface area contributed by atoms with Gasteiger partial charge in [-0.05, 0) is 79.5 Å². The third kappa shape index (κ3) is 6.99. The van der Waals surface area contributed by atoms with Gasteiger partial charge < -0.3 is 18.9 Å². The van der Waals surface area contributed by atoms with Crippen LogP contribution >= 0.6 is 11.6 Å². The van der Waals surface area contributed by atoms with Crippen LogP contribution in [-0.2, 0) is 28.9 Å². The molecule has 2 bridgehead atoms. The Labute approximate surface area is 270 Å². The molecular formula is C34H36ClF2N3O4S. The van der Waals surface area contributed by atoms with E-state index in [0.29, 0.717) is 48.8 Å². The second-order valence-electron chi connectivity index (χ2n) is 11.9. The van der Waals surface area contributed by atoms with Crippen molar-refractivity contribution >= 4 is 34.3 Å². The van der Waals surface area contributed by atoms with Gasteiger partial charge in [-0.15, -0.1) is 0 Å². The minimum absolute atomic E-state index is 0.0120. The van der Waals surface area contributed by atoms with Gasteiger partial charge in [0.15, 0.2) is 11.6 Å². The second kappa shape index (κ2) is 13.7. The van der Waals surface area contributed by atoms with Crippen molar-refractivity contribution < 1.29 is 27.6 Å². The van der Waals surface area contributed by atoms with Gasteiger partial charge in [0, 0.05) is 29.9 Å². The minimum Gasteiger partial charge on any atom is -0.616 e. The van der Waals surface area contributed by atoms with E-state index in [2.05, 4.69) is 10.3 Å². The van der Waals surface area contributed by atoms with Crippen molar-refractivity contribution in [3.8, 4) is 11.6 Å². The number of carbonyl (C=O) groups is 1. The van der Waals surface area contributed by atoms with E-state index in [-0.39, 0.29) is 41.4 Å². The zero-order valence-corrected chi connectivity index (χ0v) is 26.9. The van der Waals surface area contributed by atoms with Crippen LogP contribution in [0.25, 0.3) is 5.57 Å². The summed E-state index contributed by atoms with van der Waals surface area (Å²) >= 11 is 4.87. The van der Waals surface area contributed by atoms with Crippen molar-refractivity contribution in [1.29, 1.82) is 0 Å². The molecule has 6 rings (SSSR count). The highest BCUT2D eigenvalue weighted by atomic mass is 35.5. The summed E-state index contributed by atoms with van der Waals surface area (Å²) in [7, 11) is 1.59. The van der Waals surface area contributed by atoms with Gasteiger partial charge in [0.25, 0.3) is 5.91 Å². The number of pyridine rings is 1. The van der Waals surface area contributed by atoms with Gasteiger partial charge in [-0.1, -0.05) is 47.0 Å². The minimum atomic E-state index is -0.995. The summed E-state index contributed by atoms with van der Waals surface area (Å²) in [6.07, 6.45) is 5.48. The van der Waals surface area contributed by atoms with Crippen molar-refractivity contribution in [2.75, 3.05) is 25.2 Å². The van der Waals surface area contributed by atoms with Gasteiger partial charge in [0.1, 0.15) is 22.3 Å². The monoisotopic (exact) mass is 655 g/mol. The zero-order valence-electron chi connectivity index (χ0n) is 25.3. The summed E-state index contributed by atoms with van der Waals surface area (Å²) in [5.74, 6) is -0.174. The van der Waals surface area contributed by atoms with Crippen LogP contribution in [0.3, 0.4) is 0 Å². The highest BCUT2D eigenvalue weighted by Crippen LogP contribution is 2.38. The van der Waals surface area contributed by atoms with Crippen LogP contribution in [0.2, 0.25) is 5.02 Å². The van der Waals surface area contributed by atoms with Crippen molar-refractivity contribution in [3.63, 3.8) is 0 Å². The molecular weight excluding hydrogens is 620 g/mol. The first-order valence-corrected chi connectivity index (χ1v) is 17.1. The molecule has 0 spiro atoms. The molecule has 3 aromatic rings. The molecule has 1 saturated carbocycles. The predicted octanol–water partition coefficient (Wildman–Crippen LogP) is 5.78. The molecule has 3 heterocycles. The number of halogens is 3. The van der Waals surface area contributed by atoms with Crippen LogP contribution in [0.1, 0.15) is 47.9 Å². The van der Waals surface area contributed by atoms with E-state index < -0.39 is 22.8 Å². The summed E-state index contributed by atoms with van der Waals surface area (Å²) in [6.45, 7) is 2.59. The number of methoxy groups -OCH3 is 1. The fourth-order valence-electron chi connectivity index (χ4n) is 6.25. The lowest BCUT2D eigenvalue weighted by Crippen LogP contribution is -2.57. The fraction of sp³-hybridized carbons (Fsp3) is 0.412. The number of nitrogens with zero attached hydrogens (tertiary/aromatic N) is 2. The Balaban J connectivity index is 1.22. The van der Waals surface area contributed by atoms with Crippen LogP contribution in [0.15, 0.2) is 54.2 Å². The molecule has 238 valence electrons. The second-order valence-corrected chi connectivity index (χ2v) is 13.8. The van der Waals surface area contributed by atoms with Crippen LogP contribution in [-0.4, -0.2) is 63.7 Å². The molecule has 3 atom stereocenters. The van der Waals surface area contributed by atoms with E-state index in [1.807, 2.05) is 42.2 Å². The quantitative estimate of drug-likeness (QED) is 0.160. The molecule has 11 heteroatoms. The molecule has 45 heavy (non-hydrogen) atoms. The first-order valence-electron chi connectivity index (χ1n) is 15.2. The van der Waals surface area contributed by atoms with Crippen LogP contribution < -0.4 is 14.8 Å². The molecule has 1 amide bonds. The zero-order chi connectivity index (χ0) is 31.7. The number of nitrogens with one attached hydrogen (secondary N) is 1. The SMILES string of the molecule is COc1nccc(CN(C(=O)C2=C(c3ccc(CCCOc4c(F)ccc(F)c4Cl)cc3)CC3C[S+]([O-])CC2N3)C2CC2)c1C. The summed E-state index contributed by atoms with van der Waals surface area (Å²) in [6, 6.07) is 12.0. The number of carbonyl (C=O) groups excluding carboxylic acids is 1. The highest BCUT2D eigenvalue weighted by molar-refractivity contribution is 7.91. The molecule has 1 N–H and O–H groups in total. The van der Waals surface area contributed by atoms with Gasteiger partial charge in [0.05, 0.1) is 25.8 Å². The number of hydrogen-bond acceptors (Lipinski definition) is 6. The van der Waals surface area contributed by atoms with Gasteiger partial charge in [-0.3, -0.25) is 10.1 Å². The van der Waals surface area contributed by atoms with E-state index in [0.717, 1.165) is 52.8 Å². The number of ether oxygens (including phenoxy) is 2. The Kier molecular flexibility index (Phi) is 9.65.